The highest BCUT2D eigenvalue weighted by Crippen LogP contribution is 2.29. The van der Waals surface area contributed by atoms with E-state index in [1.165, 1.54) is 0 Å². The van der Waals surface area contributed by atoms with Gasteiger partial charge in [-0.25, -0.2) is 4.63 Å². The first-order valence-electron chi connectivity index (χ1n) is 10.7. The Hall–Kier alpha value is -3.46. The largest absolute Gasteiger partial charge is 0.497 e. The third kappa shape index (κ3) is 5.42. The molecular formula is C23H28N6O3. The number of carbonyl (C=O) groups is 1. The molecule has 9 heteroatoms. The summed E-state index contributed by atoms with van der Waals surface area (Å²) in [5, 5.41) is 13.6. The quantitative estimate of drug-likeness (QED) is 0.578. The lowest BCUT2D eigenvalue weighted by molar-refractivity contribution is -0.117. The van der Waals surface area contributed by atoms with Crippen LogP contribution in [0.4, 0.5) is 17.2 Å². The molecule has 0 spiro atoms. The molecule has 1 fully saturated rings. The minimum absolute atomic E-state index is 0.123. The first-order chi connectivity index (χ1) is 15.5. The van der Waals surface area contributed by atoms with Gasteiger partial charge in [0.05, 0.1) is 13.7 Å². The van der Waals surface area contributed by atoms with Gasteiger partial charge in [-0.05, 0) is 62.7 Å². The molecule has 1 aromatic carbocycles. The van der Waals surface area contributed by atoms with Gasteiger partial charge in [0.1, 0.15) is 11.4 Å². The second-order valence-electron chi connectivity index (χ2n) is 8.10. The number of methoxy groups -OCH3 is 1. The smallest absolute Gasteiger partial charge is 0.239 e. The first-order valence-corrected chi connectivity index (χ1v) is 10.7. The molecule has 2 N–H and O–H groups in total. The van der Waals surface area contributed by atoms with Gasteiger partial charge < -0.3 is 15.4 Å². The second-order valence-corrected chi connectivity index (χ2v) is 8.10. The molecule has 0 aliphatic carbocycles. The number of anilines is 3. The van der Waals surface area contributed by atoms with Crippen LogP contribution in [0.15, 0.2) is 41.0 Å². The van der Waals surface area contributed by atoms with Gasteiger partial charge >= 0.3 is 0 Å². The van der Waals surface area contributed by atoms with Crippen molar-refractivity contribution >= 4 is 23.1 Å². The molecule has 1 aliphatic heterocycles. The topological polar surface area (TPSA) is 105 Å². The Morgan fingerprint density at radius 1 is 1.22 bits per heavy atom. The predicted molar refractivity (Wildman–Crippen MR) is 121 cm³/mol. The summed E-state index contributed by atoms with van der Waals surface area (Å²) >= 11 is 0. The molecule has 3 aromatic rings. The number of hydrogen-bond donors (Lipinski definition) is 2. The zero-order chi connectivity index (χ0) is 22.5. The molecule has 0 saturated carbocycles. The number of pyridine rings is 1. The molecule has 4 rings (SSSR count). The highest BCUT2D eigenvalue weighted by molar-refractivity contribution is 5.91. The third-order valence-electron chi connectivity index (χ3n) is 5.53. The van der Waals surface area contributed by atoms with Crippen LogP contribution in [0.5, 0.6) is 5.75 Å². The molecule has 0 unspecified atom stereocenters. The highest BCUT2D eigenvalue weighted by Gasteiger charge is 2.25. The first kappa shape index (κ1) is 21.8. The number of benzene rings is 1. The van der Waals surface area contributed by atoms with Gasteiger partial charge in [-0.1, -0.05) is 11.2 Å². The van der Waals surface area contributed by atoms with Gasteiger partial charge in [-0.2, -0.15) is 0 Å². The maximum absolute atomic E-state index is 12.4. The number of ether oxygens (including phenoxy) is 1. The molecule has 168 valence electrons. The lowest BCUT2D eigenvalue weighted by atomic mass is 9.93. The van der Waals surface area contributed by atoms with E-state index in [4.69, 9.17) is 9.72 Å². The molecule has 1 atom stereocenters. The Labute approximate surface area is 187 Å². The van der Waals surface area contributed by atoms with Crippen LogP contribution in [-0.4, -0.2) is 52.8 Å². The number of nitrogens with zero attached hydrogens (tertiary/aromatic N) is 4. The van der Waals surface area contributed by atoms with Crippen molar-refractivity contribution in [3.8, 4) is 5.75 Å². The second kappa shape index (κ2) is 9.78. The molecule has 1 aliphatic rings. The molecule has 9 nitrogen and oxygen atoms in total. The van der Waals surface area contributed by atoms with Crippen LogP contribution in [-0.2, 0) is 4.79 Å². The van der Waals surface area contributed by atoms with E-state index in [-0.39, 0.29) is 11.8 Å². The van der Waals surface area contributed by atoms with Gasteiger partial charge in [0.2, 0.25) is 5.91 Å². The number of hydrogen-bond acceptors (Lipinski definition) is 8. The monoisotopic (exact) mass is 436 g/mol. The molecule has 2 aromatic heterocycles. The van der Waals surface area contributed by atoms with Crippen LogP contribution in [0.3, 0.4) is 0 Å². The Bertz CT molecular complexity index is 1080. The van der Waals surface area contributed by atoms with Crippen molar-refractivity contribution in [2.45, 2.75) is 32.6 Å². The molecule has 0 bridgehead atoms. The van der Waals surface area contributed by atoms with E-state index in [9.17, 15) is 4.79 Å². The number of aryl methyl sites for hydroxylation is 2. The zero-order valence-corrected chi connectivity index (χ0v) is 18.6. The van der Waals surface area contributed by atoms with Crippen LogP contribution in [0.2, 0.25) is 0 Å². The Morgan fingerprint density at radius 2 is 2.09 bits per heavy atom. The van der Waals surface area contributed by atoms with Gasteiger partial charge in [0.25, 0.3) is 0 Å². The lowest BCUT2D eigenvalue weighted by Gasteiger charge is -2.32. The van der Waals surface area contributed by atoms with E-state index >= 15 is 0 Å². The number of amides is 1. The number of piperidine rings is 1. The van der Waals surface area contributed by atoms with E-state index in [1.54, 1.807) is 14.0 Å². The number of likely N-dealkylation sites (tertiary alicyclic amines) is 1. The summed E-state index contributed by atoms with van der Waals surface area (Å²) in [7, 11) is 1.66. The molecule has 32 heavy (non-hydrogen) atoms. The molecule has 0 radical (unpaired) electrons. The summed E-state index contributed by atoms with van der Waals surface area (Å²) in [6.07, 6.45) is 2.05. The number of nitrogens with one attached hydrogen (secondary N) is 2. The summed E-state index contributed by atoms with van der Waals surface area (Å²) < 4.78 is 9.95. The Kier molecular flexibility index (Phi) is 6.65. The minimum atomic E-state index is -0.123. The summed E-state index contributed by atoms with van der Waals surface area (Å²) in [6, 6.07) is 12.0. The summed E-state index contributed by atoms with van der Waals surface area (Å²) in [6.45, 7) is 5.69. The Morgan fingerprint density at radius 3 is 2.88 bits per heavy atom. The van der Waals surface area contributed by atoms with E-state index in [0.29, 0.717) is 18.1 Å². The van der Waals surface area contributed by atoms with Gasteiger partial charge in [0.15, 0.2) is 5.82 Å². The number of aromatic nitrogens is 3. The maximum Gasteiger partial charge on any atom is 0.239 e. The van der Waals surface area contributed by atoms with Crippen molar-refractivity contribution in [1.82, 2.24) is 20.2 Å². The van der Waals surface area contributed by atoms with Gasteiger partial charge in [0, 0.05) is 41.3 Å². The molecular weight excluding hydrogens is 408 g/mol. The predicted octanol–water partition coefficient (Wildman–Crippen LogP) is 3.65. The molecule has 1 amide bonds. The van der Waals surface area contributed by atoms with Crippen LogP contribution >= 0.6 is 0 Å². The van der Waals surface area contributed by atoms with Crippen molar-refractivity contribution < 1.29 is 14.2 Å². The minimum Gasteiger partial charge on any atom is -0.497 e. The molecule has 3 heterocycles. The van der Waals surface area contributed by atoms with Gasteiger partial charge in [-0.3, -0.25) is 14.7 Å². The summed E-state index contributed by atoms with van der Waals surface area (Å²) in [5.74, 6) is 1.32. The highest BCUT2D eigenvalue weighted by atomic mass is 16.6. The average molecular weight is 437 g/mol. The summed E-state index contributed by atoms with van der Waals surface area (Å²) in [5.41, 5.74) is 4.51. The summed E-state index contributed by atoms with van der Waals surface area (Å²) in [4.78, 5) is 19.4. The number of rotatable bonds is 7. The van der Waals surface area contributed by atoms with E-state index in [1.807, 2.05) is 37.3 Å². The van der Waals surface area contributed by atoms with Crippen molar-refractivity contribution in [2.75, 3.05) is 37.4 Å². The van der Waals surface area contributed by atoms with Crippen molar-refractivity contribution in [2.24, 2.45) is 0 Å². The normalized spacial score (nSPS) is 16.5. The van der Waals surface area contributed by atoms with Crippen molar-refractivity contribution in [3.63, 3.8) is 0 Å². The molecule has 1 saturated heterocycles. The Balaban J connectivity index is 1.42. The van der Waals surface area contributed by atoms with E-state index in [2.05, 4.69) is 36.5 Å². The van der Waals surface area contributed by atoms with E-state index < -0.39 is 0 Å². The van der Waals surface area contributed by atoms with E-state index in [0.717, 1.165) is 54.4 Å². The van der Waals surface area contributed by atoms with Gasteiger partial charge in [-0.15, -0.1) is 0 Å². The fourth-order valence-electron chi connectivity index (χ4n) is 4.00. The fourth-order valence-corrected chi connectivity index (χ4v) is 4.00. The fraction of sp³-hybridized carbons (Fsp3) is 0.391. The number of carbonyl (C=O) groups excluding carboxylic acids is 1. The van der Waals surface area contributed by atoms with Crippen LogP contribution in [0.25, 0.3) is 0 Å². The zero-order valence-electron chi connectivity index (χ0n) is 18.6. The van der Waals surface area contributed by atoms with Crippen molar-refractivity contribution in [3.05, 3.63) is 53.5 Å². The van der Waals surface area contributed by atoms with Crippen LogP contribution < -0.4 is 15.4 Å². The van der Waals surface area contributed by atoms with Crippen LogP contribution in [0.1, 0.15) is 35.8 Å². The SMILES string of the molecule is COc1cccc(Nc2cc(C)nc([C@H]3CCCN(CC(=O)Nc4nonc4C)C3)c2)c1. The third-order valence-corrected chi connectivity index (χ3v) is 5.53. The lowest BCUT2D eigenvalue weighted by Crippen LogP contribution is -2.40. The average Bonchev–Trinajstić information content (AvgIpc) is 3.17. The van der Waals surface area contributed by atoms with Crippen molar-refractivity contribution in [1.29, 1.82) is 0 Å². The standard InChI is InChI=1S/C23H28N6O3/c1-15-10-19(25-18-7-4-8-20(11-18)31-3)12-21(24-15)17-6-5-9-29(13-17)14-22(30)26-23-16(2)27-32-28-23/h4,7-8,10-12,17H,5-6,9,13-14H2,1-3H3,(H,24,25)(H,26,28,30)/t17-/m0/s1. The maximum atomic E-state index is 12.4. The van der Waals surface area contributed by atoms with Crippen LogP contribution in [0, 0.1) is 13.8 Å².